The molecule has 0 aliphatic carbocycles. The number of ketones is 1. The summed E-state index contributed by atoms with van der Waals surface area (Å²) in [5.74, 6) is 0.120. The third-order valence-corrected chi connectivity index (χ3v) is 7.12. The highest BCUT2D eigenvalue weighted by molar-refractivity contribution is 8.02. The summed E-state index contributed by atoms with van der Waals surface area (Å²) in [7, 11) is 1.54. The van der Waals surface area contributed by atoms with Crippen molar-refractivity contribution in [2.75, 3.05) is 19.4 Å². The van der Waals surface area contributed by atoms with Gasteiger partial charge >= 0.3 is 0 Å². The molecule has 0 fully saturated rings. The van der Waals surface area contributed by atoms with Crippen molar-refractivity contribution in [1.82, 2.24) is 0 Å². The largest absolute Gasteiger partial charge is 0.496 e. The summed E-state index contributed by atoms with van der Waals surface area (Å²) in [6.07, 6.45) is 0. The van der Waals surface area contributed by atoms with Crippen LogP contribution in [0.1, 0.15) is 11.5 Å². The van der Waals surface area contributed by atoms with Crippen molar-refractivity contribution in [1.29, 1.82) is 0 Å². The van der Waals surface area contributed by atoms with Crippen LogP contribution >= 0.6 is 23.5 Å². The van der Waals surface area contributed by atoms with E-state index in [1.54, 1.807) is 6.07 Å². The van der Waals surface area contributed by atoms with E-state index in [1.807, 2.05) is 78.9 Å². The van der Waals surface area contributed by atoms with Gasteiger partial charge in [0.25, 0.3) is 0 Å². The highest BCUT2D eigenvalue weighted by atomic mass is 32.2. The van der Waals surface area contributed by atoms with Crippen LogP contribution in [0.3, 0.4) is 0 Å². The number of carbonyl (C=O) groups excluding carboxylic acids is 1. The molecule has 31 heavy (non-hydrogen) atoms. The van der Waals surface area contributed by atoms with Gasteiger partial charge in [-0.25, -0.2) is 0 Å². The zero-order chi connectivity index (χ0) is 22.1. The molecule has 0 radical (unpaired) electrons. The van der Waals surface area contributed by atoms with Gasteiger partial charge in [0.05, 0.1) is 24.0 Å². The zero-order valence-corrected chi connectivity index (χ0v) is 18.7. The van der Waals surface area contributed by atoms with Crippen LogP contribution in [0, 0.1) is 10.1 Å². The number of hydrogen-bond acceptors (Lipinski definition) is 6. The average Bonchev–Trinajstić information content (AvgIpc) is 2.81. The lowest BCUT2D eigenvalue weighted by atomic mass is 9.92. The van der Waals surface area contributed by atoms with Gasteiger partial charge in [-0.15, -0.1) is 23.5 Å². The Morgan fingerprint density at radius 1 is 0.935 bits per heavy atom. The summed E-state index contributed by atoms with van der Waals surface area (Å²) >= 11 is 2.82. The second-order valence-corrected chi connectivity index (χ2v) is 9.05. The minimum Gasteiger partial charge on any atom is -0.496 e. The van der Waals surface area contributed by atoms with Gasteiger partial charge < -0.3 is 4.74 Å². The summed E-state index contributed by atoms with van der Waals surface area (Å²) in [4.78, 5) is 26.5. The molecule has 0 bridgehead atoms. The molecule has 0 saturated heterocycles. The topological polar surface area (TPSA) is 69.4 Å². The number of Topliss-reactive ketones (excluding diaryl/α,β-unsaturated/α-hetero) is 1. The molecule has 0 aliphatic rings. The van der Waals surface area contributed by atoms with E-state index >= 15 is 0 Å². The first-order chi connectivity index (χ1) is 15.1. The number of methoxy groups -OCH3 is 1. The van der Waals surface area contributed by atoms with Gasteiger partial charge in [0.15, 0.2) is 5.78 Å². The van der Waals surface area contributed by atoms with E-state index in [2.05, 4.69) is 0 Å². The van der Waals surface area contributed by atoms with E-state index < -0.39 is 11.2 Å². The van der Waals surface area contributed by atoms with Crippen molar-refractivity contribution in [3.63, 3.8) is 0 Å². The average molecular weight is 454 g/mol. The molecule has 0 amide bonds. The second-order valence-electron chi connectivity index (χ2n) is 6.78. The predicted octanol–water partition coefficient (Wildman–Crippen LogP) is 5.58. The van der Waals surface area contributed by atoms with E-state index in [4.69, 9.17) is 4.74 Å². The molecular weight excluding hydrogens is 430 g/mol. The lowest BCUT2D eigenvalue weighted by Crippen LogP contribution is -2.31. The molecule has 2 atom stereocenters. The van der Waals surface area contributed by atoms with E-state index in [0.29, 0.717) is 11.3 Å². The summed E-state index contributed by atoms with van der Waals surface area (Å²) in [5.41, 5.74) is 0.674. The Kier molecular flexibility index (Phi) is 8.55. The van der Waals surface area contributed by atoms with Gasteiger partial charge in [0, 0.05) is 20.3 Å². The van der Waals surface area contributed by atoms with Crippen LogP contribution in [-0.4, -0.2) is 35.4 Å². The van der Waals surface area contributed by atoms with E-state index in [-0.39, 0.29) is 23.0 Å². The molecule has 0 N–H and O–H groups in total. The van der Waals surface area contributed by atoms with Crippen molar-refractivity contribution in [2.45, 2.75) is 21.0 Å². The minimum absolute atomic E-state index is 0.0412. The van der Waals surface area contributed by atoms with Crippen LogP contribution in [0.25, 0.3) is 0 Å². The fraction of sp³-hybridized carbons (Fsp3) is 0.208. The quantitative estimate of drug-likeness (QED) is 0.215. The Balaban J connectivity index is 1.94. The Labute approximate surface area is 190 Å². The minimum atomic E-state index is -0.625. The van der Waals surface area contributed by atoms with E-state index in [1.165, 1.54) is 30.6 Å². The molecule has 3 aromatic rings. The Bertz CT molecular complexity index is 999. The van der Waals surface area contributed by atoms with Crippen molar-refractivity contribution < 1.29 is 14.5 Å². The fourth-order valence-corrected chi connectivity index (χ4v) is 5.42. The lowest BCUT2D eigenvalue weighted by Gasteiger charge is -2.25. The zero-order valence-electron chi connectivity index (χ0n) is 17.0. The van der Waals surface area contributed by atoms with Crippen LogP contribution in [0.5, 0.6) is 5.75 Å². The second kappa shape index (κ2) is 11.6. The van der Waals surface area contributed by atoms with Gasteiger partial charge in [-0.1, -0.05) is 54.6 Å². The van der Waals surface area contributed by atoms with Crippen molar-refractivity contribution in [3.8, 4) is 5.75 Å². The summed E-state index contributed by atoms with van der Waals surface area (Å²) in [6.45, 7) is -0.355. The van der Waals surface area contributed by atoms with Crippen LogP contribution in [0.15, 0.2) is 94.7 Å². The molecule has 2 unspecified atom stereocenters. The van der Waals surface area contributed by atoms with Crippen LogP contribution in [0.2, 0.25) is 0 Å². The highest BCUT2D eigenvalue weighted by Gasteiger charge is 2.35. The molecule has 0 heterocycles. The number of hydrogen-bond donors (Lipinski definition) is 0. The smallest absolute Gasteiger partial charge is 0.212 e. The SMILES string of the molecule is COc1ccccc1C(C[N+](=O)[O-])C(Sc1ccccc1)C(=O)CSc1ccccc1. The van der Waals surface area contributed by atoms with Crippen LogP contribution in [-0.2, 0) is 4.79 Å². The Morgan fingerprint density at radius 2 is 1.52 bits per heavy atom. The van der Waals surface area contributed by atoms with Crippen molar-refractivity contribution in [3.05, 3.63) is 101 Å². The first kappa shape index (κ1) is 22.9. The number of nitro groups is 1. The number of carbonyl (C=O) groups is 1. The summed E-state index contributed by atoms with van der Waals surface area (Å²) < 4.78 is 5.47. The lowest BCUT2D eigenvalue weighted by molar-refractivity contribution is -0.483. The van der Waals surface area contributed by atoms with Gasteiger partial charge in [-0.2, -0.15) is 0 Å². The molecule has 160 valence electrons. The molecule has 3 rings (SSSR count). The molecule has 3 aromatic carbocycles. The number of ether oxygens (including phenoxy) is 1. The number of rotatable bonds is 11. The molecule has 0 spiro atoms. The maximum absolute atomic E-state index is 13.4. The maximum atomic E-state index is 13.4. The van der Waals surface area contributed by atoms with Crippen molar-refractivity contribution >= 4 is 29.3 Å². The van der Waals surface area contributed by atoms with Gasteiger partial charge in [0.1, 0.15) is 5.75 Å². The number of nitrogens with zero attached hydrogens (tertiary/aromatic N) is 1. The Hall–Kier alpha value is -2.77. The molecule has 7 heteroatoms. The number of thioether (sulfide) groups is 2. The number of benzene rings is 3. The van der Waals surface area contributed by atoms with E-state index in [9.17, 15) is 14.9 Å². The van der Waals surface area contributed by atoms with Gasteiger partial charge in [-0.05, 0) is 30.3 Å². The standard InChI is InChI=1S/C24H23NO4S2/c1-29-23-15-9-8-14-20(23)21(16-25(27)28)24(31-19-12-6-3-7-13-19)22(26)17-30-18-10-4-2-5-11-18/h2-15,21,24H,16-17H2,1H3. The highest BCUT2D eigenvalue weighted by Crippen LogP contribution is 2.39. The predicted molar refractivity (Wildman–Crippen MR) is 126 cm³/mol. The molecular formula is C24H23NO4S2. The fourth-order valence-electron chi connectivity index (χ4n) is 3.26. The third-order valence-electron chi connectivity index (χ3n) is 4.70. The summed E-state index contributed by atoms with van der Waals surface area (Å²) in [6, 6.07) is 26.4. The molecule has 0 saturated carbocycles. The summed E-state index contributed by atoms with van der Waals surface area (Å²) in [5, 5.41) is 11.0. The first-order valence-corrected chi connectivity index (χ1v) is 11.6. The molecule has 0 aliphatic heterocycles. The maximum Gasteiger partial charge on any atom is 0.212 e. The van der Waals surface area contributed by atoms with E-state index in [0.717, 1.165) is 9.79 Å². The Morgan fingerprint density at radius 3 is 2.13 bits per heavy atom. The monoisotopic (exact) mass is 453 g/mol. The molecule has 0 aromatic heterocycles. The number of para-hydroxylation sites is 1. The van der Waals surface area contributed by atoms with Crippen LogP contribution < -0.4 is 4.74 Å². The van der Waals surface area contributed by atoms with Gasteiger partial charge in [-0.3, -0.25) is 14.9 Å². The van der Waals surface area contributed by atoms with Crippen molar-refractivity contribution in [2.24, 2.45) is 0 Å². The molecule has 5 nitrogen and oxygen atoms in total. The normalized spacial score (nSPS) is 12.7. The van der Waals surface area contributed by atoms with Gasteiger partial charge in [0.2, 0.25) is 6.54 Å². The van der Waals surface area contributed by atoms with Crippen LogP contribution in [0.4, 0.5) is 0 Å². The third kappa shape index (κ3) is 6.60. The first-order valence-electron chi connectivity index (χ1n) is 9.75.